The molecule has 0 aromatic rings. The fourth-order valence-electron chi connectivity index (χ4n) is 1.40. The molecule has 1 aliphatic rings. The van der Waals surface area contributed by atoms with Gasteiger partial charge in [-0.05, 0) is 26.3 Å². The van der Waals surface area contributed by atoms with E-state index in [1.54, 1.807) is 0 Å². The molecule has 7 nitrogen and oxygen atoms in total. The molecule has 0 spiro atoms. The molecule has 0 aliphatic carbocycles. The maximum Gasteiger partial charge on any atom is 0.407 e. The number of hydrogen-bond acceptors (Lipinski definition) is 6. The summed E-state index contributed by atoms with van der Waals surface area (Å²) in [7, 11) is -0.698. The van der Waals surface area contributed by atoms with Gasteiger partial charge in [-0.1, -0.05) is 0 Å². The summed E-state index contributed by atoms with van der Waals surface area (Å²) in [5, 5.41) is 2.69. The van der Waals surface area contributed by atoms with Gasteiger partial charge in [-0.15, -0.1) is 0 Å². The van der Waals surface area contributed by atoms with Crippen molar-refractivity contribution in [1.82, 2.24) is 5.32 Å². The second-order valence-electron chi connectivity index (χ2n) is 4.26. The molecule has 1 rings (SSSR count). The highest BCUT2D eigenvalue weighted by atomic mass is 28.2. The van der Waals surface area contributed by atoms with E-state index in [0.29, 0.717) is 33.0 Å². The average Bonchev–Trinajstić information content (AvgIpc) is 3.25. The first-order chi connectivity index (χ1) is 9.76. The summed E-state index contributed by atoms with van der Waals surface area (Å²) in [5.74, 6) is 0. The Labute approximate surface area is 122 Å². The van der Waals surface area contributed by atoms with Gasteiger partial charge in [-0.3, -0.25) is 0 Å². The van der Waals surface area contributed by atoms with Gasteiger partial charge in [-0.25, -0.2) is 4.79 Å². The van der Waals surface area contributed by atoms with Crippen LogP contribution in [0.15, 0.2) is 0 Å². The molecule has 1 fully saturated rings. The predicted molar refractivity (Wildman–Crippen MR) is 75.2 cm³/mol. The van der Waals surface area contributed by atoms with E-state index in [-0.39, 0.29) is 12.2 Å². The predicted octanol–water partition coefficient (Wildman–Crippen LogP) is 0.377. The van der Waals surface area contributed by atoms with Crippen LogP contribution in [0.3, 0.4) is 0 Å². The number of carbonyl (C=O) groups excluding carboxylic acids is 1. The molecule has 118 valence electrons. The van der Waals surface area contributed by atoms with Crippen molar-refractivity contribution in [3.63, 3.8) is 0 Å². The smallest absolute Gasteiger partial charge is 0.407 e. The van der Waals surface area contributed by atoms with Gasteiger partial charge in [0.1, 0.15) is 12.7 Å². The normalized spacial score (nSPS) is 17.9. The van der Waals surface area contributed by atoms with Crippen LogP contribution >= 0.6 is 0 Å². The van der Waals surface area contributed by atoms with Crippen LogP contribution in [-0.4, -0.2) is 61.4 Å². The van der Waals surface area contributed by atoms with E-state index in [0.717, 1.165) is 12.5 Å². The summed E-state index contributed by atoms with van der Waals surface area (Å²) in [5.41, 5.74) is 0. The zero-order valence-electron chi connectivity index (χ0n) is 12.3. The fourth-order valence-corrected chi connectivity index (χ4v) is 2.40. The third kappa shape index (κ3) is 9.27. The van der Waals surface area contributed by atoms with Crippen LogP contribution in [0.1, 0.15) is 20.3 Å². The lowest BCUT2D eigenvalue weighted by molar-refractivity contribution is -0.243. The van der Waals surface area contributed by atoms with E-state index in [2.05, 4.69) is 5.32 Å². The summed E-state index contributed by atoms with van der Waals surface area (Å²) in [6.07, 6.45) is 0.590. The number of epoxide rings is 1. The SMILES string of the molecule is CCOC(OCC)O[SiH2]CCCNC(=O)OCC1CO1. The van der Waals surface area contributed by atoms with E-state index in [1.807, 2.05) is 13.8 Å². The van der Waals surface area contributed by atoms with E-state index in [4.69, 9.17) is 23.4 Å². The summed E-state index contributed by atoms with van der Waals surface area (Å²) in [6, 6.07) is 0.947. The van der Waals surface area contributed by atoms with E-state index in [1.165, 1.54) is 0 Å². The Morgan fingerprint density at radius 2 is 2.10 bits per heavy atom. The standard InChI is InChI=1S/C12H25NO6Si/c1-3-15-12(16-4-2)19-20-7-5-6-13-11(14)18-9-10-8-17-10/h10,12H,3-9,20H2,1-2H3,(H,13,14). The molecule has 1 heterocycles. The Morgan fingerprint density at radius 3 is 2.70 bits per heavy atom. The lowest BCUT2D eigenvalue weighted by atomic mass is 10.5. The van der Waals surface area contributed by atoms with Crippen LogP contribution in [0.25, 0.3) is 0 Å². The van der Waals surface area contributed by atoms with Gasteiger partial charge in [0.15, 0.2) is 9.76 Å². The molecule has 0 saturated carbocycles. The first kappa shape index (κ1) is 17.4. The molecule has 0 bridgehead atoms. The minimum absolute atomic E-state index is 0.107. The van der Waals surface area contributed by atoms with Gasteiger partial charge in [0, 0.05) is 19.8 Å². The molecule has 0 aromatic carbocycles. The highest BCUT2D eigenvalue weighted by molar-refractivity contribution is 6.27. The third-order valence-corrected chi connectivity index (χ3v) is 3.80. The zero-order chi connectivity index (χ0) is 14.6. The van der Waals surface area contributed by atoms with Crippen LogP contribution in [-0.2, 0) is 23.4 Å². The van der Waals surface area contributed by atoms with Crippen LogP contribution in [0.4, 0.5) is 4.79 Å². The molecule has 8 heteroatoms. The van der Waals surface area contributed by atoms with Gasteiger partial charge in [0.05, 0.1) is 6.61 Å². The molecule has 1 aliphatic heterocycles. The second-order valence-corrected chi connectivity index (χ2v) is 5.71. The van der Waals surface area contributed by atoms with E-state index >= 15 is 0 Å². The molecule has 1 unspecified atom stereocenters. The number of hydrogen-bond donors (Lipinski definition) is 1. The van der Waals surface area contributed by atoms with Crippen molar-refractivity contribution < 1.29 is 28.2 Å². The van der Waals surface area contributed by atoms with Gasteiger partial charge >= 0.3 is 6.09 Å². The molecule has 1 N–H and O–H groups in total. The highest BCUT2D eigenvalue weighted by Gasteiger charge is 2.23. The minimum Gasteiger partial charge on any atom is -0.447 e. The Hall–Kier alpha value is -0.673. The van der Waals surface area contributed by atoms with Gasteiger partial charge in [-0.2, -0.15) is 0 Å². The van der Waals surface area contributed by atoms with Crippen LogP contribution in [0.5, 0.6) is 0 Å². The molecule has 20 heavy (non-hydrogen) atoms. The summed E-state index contributed by atoms with van der Waals surface area (Å²) in [4.78, 5) is 11.2. The van der Waals surface area contributed by atoms with Crippen molar-refractivity contribution in [3.8, 4) is 0 Å². The maximum atomic E-state index is 11.2. The van der Waals surface area contributed by atoms with Crippen LogP contribution in [0, 0.1) is 0 Å². The Balaban J connectivity index is 1.88. The third-order valence-electron chi connectivity index (χ3n) is 2.50. The molecular weight excluding hydrogens is 282 g/mol. The van der Waals surface area contributed by atoms with Gasteiger partial charge in [0.2, 0.25) is 0 Å². The fraction of sp³-hybridized carbons (Fsp3) is 0.917. The largest absolute Gasteiger partial charge is 0.447 e. The molecule has 1 amide bonds. The topological polar surface area (TPSA) is 78.5 Å². The zero-order valence-corrected chi connectivity index (χ0v) is 13.7. The van der Waals surface area contributed by atoms with Crippen molar-refractivity contribution in [2.45, 2.75) is 38.9 Å². The van der Waals surface area contributed by atoms with Crippen molar-refractivity contribution in [2.24, 2.45) is 0 Å². The number of ether oxygens (including phenoxy) is 4. The first-order valence-corrected chi connectivity index (χ1v) is 8.71. The van der Waals surface area contributed by atoms with Crippen molar-refractivity contribution >= 4 is 15.9 Å². The van der Waals surface area contributed by atoms with Crippen LogP contribution < -0.4 is 5.32 Å². The average molecular weight is 307 g/mol. The number of nitrogens with one attached hydrogen (secondary N) is 1. The quantitative estimate of drug-likeness (QED) is 0.243. The molecule has 1 saturated heterocycles. The van der Waals surface area contributed by atoms with Gasteiger partial charge in [0.25, 0.3) is 6.48 Å². The van der Waals surface area contributed by atoms with Gasteiger partial charge < -0.3 is 28.7 Å². The molecule has 0 radical (unpaired) electrons. The minimum atomic E-state index is -0.698. The molecule has 1 atom stereocenters. The van der Waals surface area contributed by atoms with Crippen molar-refractivity contribution in [3.05, 3.63) is 0 Å². The van der Waals surface area contributed by atoms with E-state index in [9.17, 15) is 4.79 Å². The van der Waals surface area contributed by atoms with Crippen molar-refractivity contribution in [2.75, 3.05) is 33.0 Å². The van der Waals surface area contributed by atoms with Crippen molar-refractivity contribution in [1.29, 1.82) is 0 Å². The second kappa shape index (κ2) is 11.0. The molecule has 0 aromatic heterocycles. The number of rotatable bonds is 12. The Kier molecular flexibility index (Phi) is 9.59. The Bertz CT molecular complexity index is 258. The molecular formula is C12H25NO6Si. The summed E-state index contributed by atoms with van der Waals surface area (Å²) in [6.45, 7) is 6.03. The highest BCUT2D eigenvalue weighted by Crippen LogP contribution is 2.08. The summed E-state index contributed by atoms with van der Waals surface area (Å²) >= 11 is 0. The summed E-state index contributed by atoms with van der Waals surface area (Å²) < 4.78 is 26.0. The lowest BCUT2D eigenvalue weighted by Gasteiger charge is -2.17. The van der Waals surface area contributed by atoms with E-state index < -0.39 is 16.2 Å². The lowest BCUT2D eigenvalue weighted by Crippen LogP contribution is -2.27. The number of carbonyl (C=O) groups is 1. The Morgan fingerprint density at radius 1 is 1.40 bits per heavy atom. The number of amides is 1. The first-order valence-electron chi connectivity index (χ1n) is 7.13. The monoisotopic (exact) mass is 307 g/mol. The van der Waals surface area contributed by atoms with Crippen LogP contribution in [0.2, 0.25) is 6.04 Å². The maximum absolute atomic E-state index is 11.2. The number of alkyl carbamates (subject to hydrolysis) is 1.